The summed E-state index contributed by atoms with van der Waals surface area (Å²) in [6.45, 7) is 0.474. The molecule has 2 nitrogen and oxygen atoms in total. The highest BCUT2D eigenvalue weighted by atomic mass is 35.5. The van der Waals surface area contributed by atoms with E-state index in [1.165, 1.54) is 11.3 Å². The first-order valence-electron chi connectivity index (χ1n) is 4.03. The van der Waals surface area contributed by atoms with Gasteiger partial charge in [0.15, 0.2) is 5.51 Å². The summed E-state index contributed by atoms with van der Waals surface area (Å²) in [6, 6.07) is 7.25. The average molecular weight is 225 g/mol. The molecule has 0 atom stereocenters. The van der Waals surface area contributed by atoms with Crippen molar-refractivity contribution in [2.24, 2.45) is 0 Å². The van der Waals surface area contributed by atoms with Crippen molar-refractivity contribution >= 4 is 22.9 Å². The fraction of sp³-hybridized carbons (Fsp3) is 0.100. The highest BCUT2D eigenvalue weighted by Crippen LogP contribution is 2.16. The van der Waals surface area contributed by atoms with Crippen LogP contribution in [-0.4, -0.2) is 4.98 Å². The van der Waals surface area contributed by atoms with Crippen LogP contribution in [0.15, 0.2) is 29.6 Å². The minimum Gasteiger partial charge on any atom is -0.487 e. The maximum atomic E-state index is 5.74. The van der Waals surface area contributed by atoms with Crippen LogP contribution in [0.4, 0.5) is 0 Å². The summed E-state index contributed by atoms with van der Waals surface area (Å²) in [4.78, 5) is 3.99. The Morgan fingerprint density at radius 3 is 2.79 bits per heavy atom. The molecular weight excluding hydrogens is 218 g/mol. The van der Waals surface area contributed by atoms with Crippen LogP contribution in [0.1, 0.15) is 5.69 Å². The van der Waals surface area contributed by atoms with Gasteiger partial charge in [0.1, 0.15) is 12.4 Å². The third-order valence-corrected chi connectivity index (χ3v) is 2.48. The number of rotatable bonds is 3. The maximum absolute atomic E-state index is 5.74. The summed E-state index contributed by atoms with van der Waals surface area (Å²) in [5.41, 5.74) is 3.66. The molecule has 0 saturated carbocycles. The van der Waals surface area contributed by atoms with Crippen molar-refractivity contribution in [1.29, 1.82) is 0 Å². The van der Waals surface area contributed by atoms with Gasteiger partial charge in [0.2, 0.25) is 0 Å². The number of ether oxygens (including phenoxy) is 1. The summed E-state index contributed by atoms with van der Waals surface area (Å²) in [7, 11) is 0. The lowest BCUT2D eigenvalue weighted by atomic mass is 10.3. The van der Waals surface area contributed by atoms with Gasteiger partial charge in [0, 0.05) is 10.4 Å². The van der Waals surface area contributed by atoms with Crippen LogP contribution >= 0.6 is 22.9 Å². The van der Waals surface area contributed by atoms with Gasteiger partial charge in [-0.2, -0.15) is 0 Å². The van der Waals surface area contributed by atoms with E-state index in [1.807, 2.05) is 17.5 Å². The van der Waals surface area contributed by atoms with Crippen LogP contribution < -0.4 is 4.74 Å². The Morgan fingerprint density at radius 2 is 2.14 bits per heavy atom. The molecular formula is C10H7ClNOS. The van der Waals surface area contributed by atoms with E-state index in [-0.39, 0.29) is 0 Å². The minimum atomic E-state index is 0.474. The van der Waals surface area contributed by atoms with Crippen LogP contribution in [0.25, 0.3) is 0 Å². The molecule has 0 N–H and O–H groups in total. The predicted molar refractivity (Wildman–Crippen MR) is 56.7 cm³/mol. The number of aromatic nitrogens is 1. The van der Waals surface area contributed by atoms with Crippen molar-refractivity contribution in [2.45, 2.75) is 6.61 Å². The van der Waals surface area contributed by atoms with E-state index < -0.39 is 0 Å². The number of thiazole rings is 1. The van der Waals surface area contributed by atoms with Crippen LogP contribution in [0.5, 0.6) is 5.75 Å². The molecule has 0 amide bonds. The van der Waals surface area contributed by atoms with Crippen LogP contribution in [0.2, 0.25) is 5.02 Å². The van der Waals surface area contributed by atoms with Crippen molar-refractivity contribution < 1.29 is 4.74 Å². The Bertz CT molecular complexity index is 385. The molecule has 0 saturated heterocycles. The molecule has 0 unspecified atom stereocenters. The molecule has 4 heteroatoms. The molecule has 2 rings (SSSR count). The number of benzene rings is 1. The molecule has 1 heterocycles. The molecule has 2 aromatic rings. The second-order valence-electron chi connectivity index (χ2n) is 2.67. The lowest BCUT2D eigenvalue weighted by Crippen LogP contribution is -1.94. The largest absolute Gasteiger partial charge is 0.487 e. The van der Waals surface area contributed by atoms with E-state index in [1.54, 1.807) is 12.1 Å². The predicted octanol–water partition coefficient (Wildman–Crippen LogP) is 3.18. The number of hydrogen-bond acceptors (Lipinski definition) is 3. The van der Waals surface area contributed by atoms with Gasteiger partial charge in [-0.3, -0.25) is 0 Å². The zero-order valence-corrected chi connectivity index (χ0v) is 8.81. The topological polar surface area (TPSA) is 22.1 Å². The van der Waals surface area contributed by atoms with E-state index in [4.69, 9.17) is 16.3 Å². The molecule has 0 fully saturated rings. The van der Waals surface area contributed by atoms with Crippen molar-refractivity contribution in [3.8, 4) is 5.75 Å². The minimum absolute atomic E-state index is 0.474. The van der Waals surface area contributed by atoms with Gasteiger partial charge in [-0.05, 0) is 24.3 Å². The van der Waals surface area contributed by atoms with E-state index in [9.17, 15) is 0 Å². The first-order chi connectivity index (χ1) is 6.84. The molecule has 1 radical (unpaired) electrons. The molecule has 1 aromatic carbocycles. The molecule has 0 aliphatic rings. The normalized spacial score (nSPS) is 10.1. The van der Waals surface area contributed by atoms with E-state index in [2.05, 4.69) is 10.5 Å². The van der Waals surface area contributed by atoms with Gasteiger partial charge in [-0.25, -0.2) is 4.98 Å². The number of halogens is 1. The summed E-state index contributed by atoms with van der Waals surface area (Å²) < 4.78 is 5.47. The van der Waals surface area contributed by atoms with Gasteiger partial charge in [0.05, 0.1) is 5.69 Å². The molecule has 0 aliphatic heterocycles. The van der Waals surface area contributed by atoms with Crippen molar-refractivity contribution in [2.75, 3.05) is 0 Å². The van der Waals surface area contributed by atoms with Crippen LogP contribution in [0.3, 0.4) is 0 Å². The highest BCUT2D eigenvalue weighted by Gasteiger charge is 1.97. The van der Waals surface area contributed by atoms with Gasteiger partial charge in [-0.15, -0.1) is 11.3 Å². The van der Waals surface area contributed by atoms with Gasteiger partial charge >= 0.3 is 0 Å². The van der Waals surface area contributed by atoms with Gasteiger partial charge in [0.25, 0.3) is 0 Å². The summed E-state index contributed by atoms with van der Waals surface area (Å²) in [5, 5.41) is 2.62. The fourth-order valence-corrected chi connectivity index (χ4v) is 1.57. The van der Waals surface area contributed by atoms with Gasteiger partial charge < -0.3 is 4.74 Å². The van der Waals surface area contributed by atoms with Crippen LogP contribution in [-0.2, 0) is 6.61 Å². The van der Waals surface area contributed by atoms with Gasteiger partial charge in [-0.1, -0.05) is 11.6 Å². The molecule has 1 aromatic heterocycles. The second kappa shape index (κ2) is 4.44. The lowest BCUT2D eigenvalue weighted by Gasteiger charge is -2.03. The molecule has 14 heavy (non-hydrogen) atoms. The summed E-state index contributed by atoms with van der Waals surface area (Å²) in [6.07, 6.45) is 0. The Balaban J connectivity index is 1.95. The summed E-state index contributed by atoms with van der Waals surface area (Å²) in [5.74, 6) is 0.794. The van der Waals surface area contributed by atoms with Crippen molar-refractivity contribution in [1.82, 2.24) is 4.98 Å². The quantitative estimate of drug-likeness (QED) is 0.799. The Hall–Kier alpha value is -1.06. The Morgan fingerprint density at radius 1 is 1.36 bits per heavy atom. The molecule has 0 spiro atoms. The molecule has 71 valence electrons. The SMILES string of the molecule is Clc1ccc(OCc2cs[c]n2)cc1. The standard InChI is InChI=1S/C10H7ClNOS/c11-8-1-3-10(4-2-8)13-5-9-6-14-7-12-9/h1-4,6H,5H2. The third kappa shape index (κ3) is 2.47. The van der Waals surface area contributed by atoms with Crippen molar-refractivity contribution in [3.05, 3.63) is 45.9 Å². The first-order valence-corrected chi connectivity index (χ1v) is 5.29. The van der Waals surface area contributed by atoms with Crippen molar-refractivity contribution in [3.63, 3.8) is 0 Å². The number of nitrogens with zero attached hydrogens (tertiary/aromatic N) is 1. The lowest BCUT2D eigenvalue weighted by molar-refractivity contribution is 0.302. The first kappa shape index (κ1) is 9.49. The monoisotopic (exact) mass is 224 g/mol. The Labute approximate surface area is 91.1 Å². The molecule has 0 aliphatic carbocycles. The van der Waals surface area contributed by atoms with E-state index >= 15 is 0 Å². The fourth-order valence-electron chi connectivity index (χ4n) is 0.960. The molecule has 0 bridgehead atoms. The smallest absolute Gasteiger partial charge is 0.152 e. The summed E-state index contributed by atoms with van der Waals surface area (Å²) >= 11 is 7.18. The van der Waals surface area contributed by atoms with E-state index in [0.29, 0.717) is 11.6 Å². The number of hydrogen-bond donors (Lipinski definition) is 0. The maximum Gasteiger partial charge on any atom is 0.152 e. The highest BCUT2D eigenvalue weighted by molar-refractivity contribution is 7.07. The zero-order valence-electron chi connectivity index (χ0n) is 7.24. The Kier molecular flexibility index (Phi) is 3.01. The zero-order chi connectivity index (χ0) is 9.80. The second-order valence-corrected chi connectivity index (χ2v) is 3.76. The van der Waals surface area contributed by atoms with E-state index in [0.717, 1.165) is 11.4 Å². The third-order valence-electron chi connectivity index (χ3n) is 1.64. The average Bonchev–Trinajstić information content (AvgIpc) is 2.70. The van der Waals surface area contributed by atoms with Crippen LogP contribution in [0, 0.1) is 5.51 Å².